The lowest BCUT2D eigenvalue weighted by atomic mass is 10.3. The van der Waals surface area contributed by atoms with Crippen molar-refractivity contribution in [3.05, 3.63) is 20.8 Å². The van der Waals surface area contributed by atoms with Crippen molar-refractivity contribution >= 4 is 11.5 Å². The molecule has 8 heteroatoms. The summed E-state index contributed by atoms with van der Waals surface area (Å²) in [6, 6.07) is 0. The van der Waals surface area contributed by atoms with Gasteiger partial charge in [0.05, 0.1) is 12.2 Å². The number of aromatic nitrogens is 2. The smallest absolute Gasteiger partial charge is 0.329 e. The molecule has 5 N–H and O–H groups in total. The van der Waals surface area contributed by atoms with Gasteiger partial charge in [0, 0.05) is 20.1 Å². The highest BCUT2D eigenvalue weighted by Crippen LogP contribution is 2.21. The first-order chi connectivity index (χ1) is 7.91. The van der Waals surface area contributed by atoms with E-state index < -0.39 is 23.5 Å². The number of nitrogens with one attached hydrogen (secondary N) is 1. The molecular weight excluding hydrogens is 228 g/mol. The van der Waals surface area contributed by atoms with Gasteiger partial charge in [-0.1, -0.05) is 0 Å². The third-order valence-electron chi connectivity index (χ3n) is 2.92. The predicted molar refractivity (Wildman–Crippen MR) is 60.9 cm³/mol. The van der Waals surface area contributed by atoms with Crippen molar-refractivity contribution < 1.29 is 10.2 Å². The van der Waals surface area contributed by atoms with E-state index in [0.717, 1.165) is 4.57 Å². The summed E-state index contributed by atoms with van der Waals surface area (Å²) in [5, 5.41) is 18.8. The van der Waals surface area contributed by atoms with Crippen LogP contribution >= 0.6 is 0 Å². The molecule has 2 heterocycles. The van der Waals surface area contributed by atoms with Gasteiger partial charge >= 0.3 is 5.69 Å². The van der Waals surface area contributed by atoms with Crippen molar-refractivity contribution in [2.75, 3.05) is 23.7 Å². The molecule has 1 aliphatic heterocycles. The Hall–Kier alpha value is -1.80. The maximum Gasteiger partial charge on any atom is 0.329 e. The Morgan fingerprint density at radius 2 is 1.82 bits per heavy atom. The molecule has 1 saturated heterocycles. The molecule has 1 aliphatic rings. The van der Waals surface area contributed by atoms with Crippen LogP contribution in [0.2, 0.25) is 0 Å². The quantitative estimate of drug-likeness (QED) is 0.421. The molecular formula is C9H14N4O4. The van der Waals surface area contributed by atoms with Crippen LogP contribution in [0.25, 0.3) is 0 Å². The van der Waals surface area contributed by atoms with E-state index in [1.165, 1.54) is 11.9 Å². The van der Waals surface area contributed by atoms with Crippen LogP contribution in [0.3, 0.4) is 0 Å². The third-order valence-corrected chi connectivity index (χ3v) is 2.92. The molecule has 0 aromatic carbocycles. The number of nitrogen functional groups attached to an aromatic ring is 1. The zero-order valence-electron chi connectivity index (χ0n) is 9.25. The number of nitrogens with zero attached hydrogens (tertiary/aromatic N) is 2. The zero-order chi connectivity index (χ0) is 12.7. The topological polar surface area (TPSA) is 125 Å². The standard InChI is InChI=1S/C9H14N4O4/c1-12-7(10)6(8(16)11-9(12)17)13-2-4(14)5(15)3-13/h4-5,14-15H,2-3,10H2,1H3,(H,11,16,17). The van der Waals surface area contributed by atoms with Crippen molar-refractivity contribution in [1.29, 1.82) is 0 Å². The fourth-order valence-corrected chi connectivity index (χ4v) is 1.88. The molecule has 0 bridgehead atoms. The monoisotopic (exact) mass is 242 g/mol. The van der Waals surface area contributed by atoms with E-state index in [2.05, 4.69) is 4.98 Å². The van der Waals surface area contributed by atoms with Gasteiger partial charge in [-0.25, -0.2) is 4.79 Å². The van der Waals surface area contributed by atoms with Crippen molar-refractivity contribution in [1.82, 2.24) is 9.55 Å². The van der Waals surface area contributed by atoms with Crippen molar-refractivity contribution in [2.45, 2.75) is 12.2 Å². The van der Waals surface area contributed by atoms with Gasteiger partial charge in [-0.05, 0) is 0 Å². The molecule has 1 aromatic rings. The zero-order valence-corrected chi connectivity index (χ0v) is 9.25. The van der Waals surface area contributed by atoms with E-state index in [1.807, 2.05) is 0 Å². The van der Waals surface area contributed by atoms with E-state index in [9.17, 15) is 19.8 Å². The summed E-state index contributed by atoms with van der Waals surface area (Å²) in [5.74, 6) is 0.0139. The fraction of sp³-hybridized carbons (Fsp3) is 0.556. The SMILES string of the molecule is Cn1c(N)c(N2CC(O)C(O)C2)c(=O)[nH]c1=O. The highest BCUT2D eigenvalue weighted by molar-refractivity contribution is 5.63. The number of hydrogen-bond donors (Lipinski definition) is 4. The van der Waals surface area contributed by atoms with Crippen LogP contribution in [0.5, 0.6) is 0 Å². The van der Waals surface area contributed by atoms with Gasteiger partial charge in [-0.15, -0.1) is 0 Å². The van der Waals surface area contributed by atoms with Gasteiger partial charge < -0.3 is 20.8 Å². The van der Waals surface area contributed by atoms with E-state index in [0.29, 0.717) is 0 Å². The average molecular weight is 242 g/mol. The molecule has 8 nitrogen and oxygen atoms in total. The predicted octanol–water partition coefficient (Wildman–Crippen LogP) is -2.80. The maximum atomic E-state index is 11.7. The van der Waals surface area contributed by atoms with Crippen LogP contribution < -0.4 is 21.9 Å². The number of anilines is 2. The fourth-order valence-electron chi connectivity index (χ4n) is 1.88. The minimum atomic E-state index is -0.925. The summed E-state index contributed by atoms with van der Waals surface area (Å²) in [6.07, 6.45) is -1.85. The average Bonchev–Trinajstić information content (AvgIpc) is 2.56. The van der Waals surface area contributed by atoms with E-state index in [-0.39, 0.29) is 24.6 Å². The minimum Gasteiger partial charge on any atom is -0.389 e. The highest BCUT2D eigenvalue weighted by Gasteiger charge is 2.32. The number of nitrogens with two attached hydrogens (primary N) is 1. The Labute approximate surface area is 95.9 Å². The molecule has 94 valence electrons. The van der Waals surface area contributed by atoms with Crippen molar-refractivity contribution in [3.63, 3.8) is 0 Å². The first-order valence-corrected chi connectivity index (χ1v) is 5.11. The van der Waals surface area contributed by atoms with Gasteiger partial charge in [-0.2, -0.15) is 0 Å². The van der Waals surface area contributed by atoms with Gasteiger partial charge in [0.15, 0.2) is 0 Å². The van der Waals surface area contributed by atoms with Crippen LogP contribution in [-0.2, 0) is 7.05 Å². The first-order valence-electron chi connectivity index (χ1n) is 5.11. The lowest BCUT2D eigenvalue weighted by Crippen LogP contribution is -2.37. The molecule has 2 rings (SSSR count). The van der Waals surface area contributed by atoms with Crippen LogP contribution in [-0.4, -0.2) is 45.1 Å². The maximum absolute atomic E-state index is 11.7. The second-order valence-corrected chi connectivity index (χ2v) is 4.09. The largest absolute Gasteiger partial charge is 0.389 e. The number of aliphatic hydroxyl groups is 2. The lowest BCUT2D eigenvalue weighted by molar-refractivity contribution is 0.0572. The molecule has 17 heavy (non-hydrogen) atoms. The summed E-state index contributed by atoms with van der Waals surface area (Å²) in [6.45, 7) is 0.208. The highest BCUT2D eigenvalue weighted by atomic mass is 16.3. The van der Waals surface area contributed by atoms with Gasteiger partial charge in [-0.3, -0.25) is 14.3 Å². The molecule has 0 amide bonds. The molecule has 0 spiro atoms. The van der Waals surface area contributed by atoms with Crippen molar-refractivity contribution in [3.8, 4) is 0 Å². The third kappa shape index (κ3) is 1.81. The normalized spacial score (nSPS) is 24.3. The Balaban J connectivity index is 2.51. The summed E-state index contributed by atoms with van der Waals surface area (Å²) in [4.78, 5) is 26.5. The van der Waals surface area contributed by atoms with E-state index in [4.69, 9.17) is 5.73 Å². The first kappa shape index (κ1) is 11.7. The summed E-state index contributed by atoms with van der Waals surface area (Å²) >= 11 is 0. The number of aromatic amines is 1. The number of β-amino-alcohol motifs (C(OH)–C–C–N with tert-alkyl or cyclic N) is 2. The summed E-state index contributed by atoms with van der Waals surface area (Å²) < 4.78 is 1.10. The summed E-state index contributed by atoms with van der Waals surface area (Å²) in [5.41, 5.74) is 4.57. The molecule has 0 saturated carbocycles. The molecule has 0 aliphatic carbocycles. The van der Waals surface area contributed by atoms with Crippen LogP contribution in [0.4, 0.5) is 11.5 Å². The number of hydrogen-bond acceptors (Lipinski definition) is 6. The van der Waals surface area contributed by atoms with Gasteiger partial charge in [0.1, 0.15) is 11.5 Å². The second-order valence-electron chi connectivity index (χ2n) is 4.09. The van der Waals surface area contributed by atoms with E-state index >= 15 is 0 Å². The Morgan fingerprint density at radius 3 is 2.35 bits per heavy atom. The Kier molecular flexibility index (Phi) is 2.68. The minimum absolute atomic E-state index is 0.0139. The molecule has 2 atom stereocenters. The Morgan fingerprint density at radius 1 is 1.29 bits per heavy atom. The Bertz CT molecular complexity index is 539. The van der Waals surface area contributed by atoms with Gasteiger partial charge in [0.2, 0.25) is 0 Å². The lowest BCUT2D eigenvalue weighted by Gasteiger charge is -2.19. The van der Waals surface area contributed by atoms with Gasteiger partial charge in [0.25, 0.3) is 5.56 Å². The van der Waals surface area contributed by atoms with Crippen LogP contribution in [0, 0.1) is 0 Å². The summed E-state index contributed by atoms with van der Waals surface area (Å²) in [7, 11) is 1.43. The van der Waals surface area contributed by atoms with E-state index in [1.54, 1.807) is 0 Å². The molecule has 0 radical (unpaired) electrons. The number of rotatable bonds is 1. The molecule has 2 unspecified atom stereocenters. The van der Waals surface area contributed by atoms with Crippen LogP contribution in [0.15, 0.2) is 9.59 Å². The number of aliphatic hydroxyl groups excluding tert-OH is 2. The molecule has 1 fully saturated rings. The van der Waals surface area contributed by atoms with Crippen molar-refractivity contribution in [2.24, 2.45) is 7.05 Å². The second kappa shape index (κ2) is 3.90. The molecule has 1 aromatic heterocycles. The van der Waals surface area contributed by atoms with Crippen LogP contribution in [0.1, 0.15) is 0 Å². The number of H-pyrrole nitrogens is 1.